The van der Waals surface area contributed by atoms with Gasteiger partial charge in [0.15, 0.2) is 0 Å². The Morgan fingerprint density at radius 3 is 2.81 bits per heavy atom. The second kappa shape index (κ2) is 4.52. The van der Waals surface area contributed by atoms with E-state index in [1.54, 1.807) is 0 Å². The molecule has 1 atom stereocenters. The standard InChI is InChI=1S/C14H16O2/c1-3-10-8-11(9-14(15)16-2)13-7-5-4-6-12(10)13/h4-8,11H,3,9H2,1-2H3. The molecule has 0 heterocycles. The van der Waals surface area contributed by atoms with Gasteiger partial charge in [0.1, 0.15) is 0 Å². The maximum absolute atomic E-state index is 11.3. The Kier molecular flexibility index (Phi) is 3.09. The Hall–Kier alpha value is -1.57. The van der Waals surface area contributed by atoms with Gasteiger partial charge in [0.25, 0.3) is 0 Å². The van der Waals surface area contributed by atoms with Crippen LogP contribution < -0.4 is 0 Å². The first-order valence-corrected chi connectivity index (χ1v) is 5.63. The second-order valence-electron chi connectivity index (χ2n) is 4.02. The summed E-state index contributed by atoms with van der Waals surface area (Å²) < 4.78 is 4.73. The molecule has 16 heavy (non-hydrogen) atoms. The van der Waals surface area contributed by atoms with E-state index in [-0.39, 0.29) is 11.9 Å². The van der Waals surface area contributed by atoms with Gasteiger partial charge in [-0.3, -0.25) is 4.79 Å². The van der Waals surface area contributed by atoms with E-state index < -0.39 is 0 Å². The number of carbonyl (C=O) groups is 1. The fourth-order valence-electron chi connectivity index (χ4n) is 2.28. The number of fused-ring (bicyclic) bond motifs is 1. The first-order valence-electron chi connectivity index (χ1n) is 5.63. The van der Waals surface area contributed by atoms with E-state index in [0.29, 0.717) is 6.42 Å². The summed E-state index contributed by atoms with van der Waals surface area (Å²) in [5.41, 5.74) is 3.88. The van der Waals surface area contributed by atoms with Crippen LogP contribution in [0, 0.1) is 0 Å². The maximum atomic E-state index is 11.3. The number of esters is 1. The quantitative estimate of drug-likeness (QED) is 0.725. The molecule has 0 spiro atoms. The number of allylic oxidation sites excluding steroid dienone is 2. The van der Waals surface area contributed by atoms with E-state index in [4.69, 9.17) is 4.74 Å². The van der Waals surface area contributed by atoms with Gasteiger partial charge in [-0.2, -0.15) is 0 Å². The molecule has 0 fully saturated rings. The molecule has 0 radical (unpaired) electrons. The van der Waals surface area contributed by atoms with E-state index >= 15 is 0 Å². The van der Waals surface area contributed by atoms with Crippen molar-refractivity contribution < 1.29 is 9.53 Å². The van der Waals surface area contributed by atoms with E-state index in [0.717, 1.165) is 6.42 Å². The van der Waals surface area contributed by atoms with Gasteiger partial charge in [0, 0.05) is 5.92 Å². The number of rotatable bonds is 3. The fraction of sp³-hybridized carbons (Fsp3) is 0.357. The largest absolute Gasteiger partial charge is 0.469 e. The summed E-state index contributed by atoms with van der Waals surface area (Å²) in [5, 5.41) is 0. The second-order valence-corrected chi connectivity index (χ2v) is 4.02. The van der Waals surface area contributed by atoms with Crippen LogP contribution in [0.3, 0.4) is 0 Å². The summed E-state index contributed by atoms with van der Waals surface area (Å²) in [4.78, 5) is 11.3. The highest BCUT2D eigenvalue weighted by Gasteiger charge is 2.24. The molecule has 84 valence electrons. The van der Waals surface area contributed by atoms with Crippen molar-refractivity contribution in [1.29, 1.82) is 0 Å². The van der Waals surface area contributed by atoms with E-state index in [9.17, 15) is 4.79 Å². The third kappa shape index (κ3) is 1.87. The van der Waals surface area contributed by atoms with Crippen molar-refractivity contribution >= 4 is 11.5 Å². The van der Waals surface area contributed by atoms with Crippen molar-refractivity contribution in [3.05, 3.63) is 41.5 Å². The molecule has 2 heteroatoms. The van der Waals surface area contributed by atoms with Crippen LogP contribution in [0.2, 0.25) is 0 Å². The first kappa shape index (κ1) is 10.9. The van der Waals surface area contributed by atoms with Gasteiger partial charge in [-0.1, -0.05) is 37.3 Å². The zero-order valence-electron chi connectivity index (χ0n) is 9.69. The summed E-state index contributed by atoms with van der Waals surface area (Å²) in [5.74, 6) is 0.0482. The molecule has 0 N–H and O–H groups in total. The molecule has 0 amide bonds. The molecule has 1 aliphatic carbocycles. The molecule has 2 nitrogen and oxygen atoms in total. The summed E-state index contributed by atoms with van der Waals surface area (Å²) in [7, 11) is 1.44. The molecule has 1 aromatic carbocycles. The minimum atomic E-state index is -0.145. The van der Waals surface area contributed by atoms with Crippen LogP contribution in [0.25, 0.3) is 5.57 Å². The van der Waals surface area contributed by atoms with Crippen molar-refractivity contribution in [1.82, 2.24) is 0 Å². The topological polar surface area (TPSA) is 26.3 Å². The molecule has 0 aliphatic heterocycles. The highest BCUT2D eigenvalue weighted by Crippen LogP contribution is 2.39. The highest BCUT2D eigenvalue weighted by molar-refractivity contribution is 5.78. The number of benzene rings is 1. The van der Waals surface area contributed by atoms with Gasteiger partial charge < -0.3 is 4.74 Å². The van der Waals surface area contributed by atoms with Crippen LogP contribution in [0.15, 0.2) is 30.3 Å². The molecular formula is C14H16O2. The molecular weight excluding hydrogens is 200 g/mol. The van der Waals surface area contributed by atoms with E-state index in [2.05, 4.69) is 25.1 Å². The number of hydrogen-bond donors (Lipinski definition) is 0. The summed E-state index contributed by atoms with van der Waals surface area (Å²) in [6.45, 7) is 2.14. The molecule has 1 aromatic rings. The number of hydrogen-bond acceptors (Lipinski definition) is 2. The van der Waals surface area contributed by atoms with Crippen molar-refractivity contribution in [2.75, 3.05) is 7.11 Å². The summed E-state index contributed by atoms with van der Waals surface area (Å²) in [6.07, 6.45) is 3.65. The van der Waals surface area contributed by atoms with Crippen LogP contribution in [-0.2, 0) is 9.53 Å². The Morgan fingerprint density at radius 2 is 2.12 bits per heavy atom. The minimum absolute atomic E-state index is 0.145. The smallest absolute Gasteiger partial charge is 0.306 e. The molecule has 1 unspecified atom stereocenters. The Labute approximate surface area is 95.9 Å². The Morgan fingerprint density at radius 1 is 1.38 bits per heavy atom. The molecule has 0 bridgehead atoms. The molecule has 0 aromatic heterocycles. The van der Waals surface area contributed by atoms with Crippen LogP contribution >= 0.6 is 0 Å². The van der Waals surface area contributed by atoms with Gasteiger partial charge >= 0.3 is 5.97 Å². The monoisotopic (exact) mass is 216 g/mol. The van der Waals surface area contributed by atoms with Crippen molar-refractivity contribution in [2.45, 2.75) is 25.7 Å². The Balaban J connectivity index is 2.29. The van der Waals surface area contributed by atoms with Crippen LogP contribution in [0.1, 0.15) is 36.8 Å². The fourth-order valence-corrected chi connectivity index (χ4v) is 2.28. The average Bonchev–Trinajstić information content (AvgIpc) is 2.68. The first-order chi connectivity index (χ1) is 7.76. The Bertz CT molecular complexity index is 432. The van der Waals surface area contributed by atoms with Gasteiger partial charge in [0.2, 0.25) is 0 Å². The molecule has 0 saturated heterocycles. The third-order valence-electron chi connectivity index (χ3n) is 3.10. The third-order valence-corrected chi connectivity index (χ3v) is 3.10. The molecule has 1 aliphatic rings. The predicted octanol–water partition coefficient (Wildman–Crippen LogP) is 3.14. The van der Waals surface area contributed by atoms with Crippen LogP contribution in [0.4, 0.5) is 0 Å². The summed E-state index contributed by atoms with van der Waals surface area (Å²) >= 11 is 0. The van der Waals surface area contributed by atoms with E-state index in [1.165, 1.54) is 23.8 Å². The van der Waals surface area contributed by atoms with Crippen LogP contribution in [0.5, 0.6) is 0 Å². The van der Waals surface area contributed by atoms with Gasteiger partial charge in [-0.25, -0.2) is 0 Å². The lowest BCUT2D eigenvalue weighted by atomic mass is 9.97. The molecule has 0 saturated carbocycles. The predicted molar refractivity (Wildman–Crippen MR) is 64.1 cm³/mol. The minimum Gasteiger partial charge on any atom is -0.469 e. The summed E-state index contributed by atoms with van der Waals surface area (Å²) in [6, 6.07) is 8.29. The SMILES string of the molecule is CCC1=CC(CC(=O)OC)c2ccccc21. The zero-order chi connectivity index (χ0) is 11.5. The zero-order valence-corrected chi connectivity index (χ0v) is 9.69. The van der Waals surface area contributed by atoms with Crippen molar-refractivity contribution in [3.8, 4) is 0 Å². The van der Waals surface area contributed by atoms with Crippen molar-refractivity contribution in [3.63, 3.8) is 0 Å². The van der Waals surface area contributed by atoms with Gasteiger partial charge in [-0.15, -0.1) is 0 Å². The number of ether oxygens (including phenoxy) is 1. The van der Waals surface area contributed by atoms with Crippen molar-refractivity contribution in [2.24, 2.45) is 0 Å². The lowest BCUT2D eigenvalue weighted by Gasteiger charge is -2.08. The van der Waals surface area contributed by atoms with E-state index in [1.807, 2.05) is 12.1 Å². The van der Waals surface area contributed by atoms with Crippen LogP contribution in [-0.4, -0.2) is 13.1 Å². The van der Waals surface area contributed by atoms with Gasteiger partial charge in [0.05, 0.1) is 13.5 Å². The highest BCUT2D eigenvalue weighted by atomic mass is 16.5. The lowest BCUT2D eigenvalue weighted by Crippen LogP contribution is -2.05. The molecule has 2 rings (SSSR count). The number of carbonyl (C=O) groups excluding carboxylic acids is 1. The van der Waals surface area contributed by atoms with Gasteiger partial charge in [-0.05, 0) is 23.1 Å². The average molecular weight is 216 g/mol. The number of methoxy groups -OCH3 is 1. The lowest BCUT2D eigenvalue weighted by molar-refractivity contribution is -0.140. The maximum Gasteiger partial charge on any atom is 0.306 e. The normalized spacial score (nSPS) is 17.9.